The third-order valence-corrected chi connectivity index (χ3v) is 2.91. The van der Waals surface area contributed by atoms with Crippen molar-refractivity contribution in [3.05, 3.63) is 46.4 Å². The van der Waals surface area contributed by atoms with E-state index in [0.29, 0.717) is 24.5 Å². The second kappa shape index (κ2) is 6.81. The fourth-order valence-electron chi connectivity index (χ4n) is 1.89. The monoisotopic (exact) mass is 286 g/mol. The molecule has 3 N–H and O–H groups in total. The molecule has 0 spiro atoms. The molecular weight excluding hydrogens is 268 g/mol. The molecule has 0 aliphatic heterocycles. The minimum Gasteiger partial charge on any atom is -0.326 e. The first-order valence-corrected chi connectivity index (χ1v) is 6.71. The predicted molar refractivity (Wildman–Crippen MR) is 82.2 cm³/mol. The van der Waals surface area contributed by atoms with E-state index in [1.54, 1.807) is 26.1 Å². The first kappa shape index (κ1) is 14.9. The maximum absolute atomic E-state index is 11.6. The van der Waals surface area contributed by atoms with E-state index < -0.39 is 0 Å². The zero-order chi connectivity index (χ0) is 15.2. The van der Waals surface area contributed by atoms with Gasteiger partial charge in [-0.15, -0.1) is 0 Å². The smallest absolute Gasteiger partial charge is 0.251 e. The molecule has 1 amide bonds. The summed E-state index contributed by atoms with van der Waals surface area (Å²) in [4.78, 5) is 30.0. The number of carbonyl (C=O) groups excluding carboxylic acids is 1. The zero-order valence-electron chi connectivity index (χ0n) is 12.1. The fourth-order valence-corrected chi connectivity index (χ4v) is 1.89. The Labute approximate surface area is 122 Å². The van der Waals surface area contributed by atoms with E-state index in [0.717, 1.165) is 11.3 Å². The Balaban J connectivity index is 2.11. The SMILES string of the molecule is CNCCC(=O)Nc1ccc(-c2nc(C)cc(=O)[nH]2)cc1. The van der Waals surface area contributed by atoms with Gasteiger partial charge in [0.2, 0.25) is 5.91 Å². The Morgan fingerprint density at radius 1 is 1.29 bits per heavy atom. The summed E-state index contributed by atoms with van der Waals surface area (Å²) >= 11 is 0. The van der Waals surface area contributed by atoms with E-state index in [1.807, 2.05) is 12.1 Å². The summed E-state index contributed by atoms with van der Waals surface area (Å²) in [6.45, 7) is 2.41. The van der Waals surface area contributed by atoms with Gasteiger partial charge in [-0.1, -0.05) is 0 Å². The van der Waals surface area contributed by atoms with Crippen molar-refractivity contribution in [1.82, 2.24) is 15.3 Å². The molecule has 6 nitrogen and oxygen atoms in total. The molecule has 2 aromatic rings. The quantitative estimate of drug-likeness (QED) is 0.773. The molecule has 0 saturated carbocycles. The fraction of sp³-hybridized carbons (Fsp3) is 0.267. The van der Waals surface area contributed by atoms with Crippen molar-refractivity contribution >= 4 is 11.6 Å². The highest BCUT2D eigenvalue weighted by atomic mass is 16.1. The Morgan fingerprint density at radius 3 is 2.62 bits per heavy atom. The van der Waals surface area contributed by atoms with Crippen LogP contribution in [-0.4, -0.2) is 29.5 Å². The predicted octanol–water partition coefficient (Wildman–Crippen LogP) is 1.29. The summed E-state index contributed by atoms with van der Waals surface area (Å²) in [6, 6.07) is 8.64. The van der Waals surface area contributed by atoms with Crippen LogP contribution < -0.4 is 16.2 Å². The van der Waals surface area contributed by atoms with E-state index in [1.165, 1.54) is 6.07 Å². The number of benzene rings is 1. The molecule has 0 saturated heterocycles. The van der Waals surface area contributed by atoms with Crippen LogP contribution >= 0.6 is 0 Å². The Kier molecular flexibility index (Phi) is 4.84. The van der Waals surface area contributed by atoms with Crippen molar-refractivity contribution < 1.29 is 4.79 Å². The number of aryl methyl sites for hydroxylation is 1. The number of amides is 1. The van der Waals surface area contributed by atoms with Gasteiger partial charge in [0.15, 0.2) is 0 Å². The highest BCUT2D eigenvalue weighted by molar-refractivity contribution is 5.91. The minimum atomic E-state index is -0.179. The van der Waals surface area contributed by atoms with Gasteiger partial charge in [-0.3, -0.25) is 9.59 Å². The number of carbonyl (C=O) groups is 1. The molecule has 0 bridgehead atoms. The molecule has 1 heterocycles. The van der Waals surface area contributed by atoms with Crippen molar-refractivity contribution in [2.24, 2.45) is 0 Å². The van der Waals surface area contributed by atoms with Gasteiger partial charge in [0.1, 0.15) is 5.82 Å². The average Bonchev–Trinajstić information content (AvgIpc) is 2.45. The van der Waals surface area contributed by atoms with E-state index in [-0.39, 0.29) is 11.5 Å². The van der Waals surface area contributed by atoms with Gasteiger partial charge >= 0.3 is 0 Å². The van der Waals surface area contributed by atoms with Gasteiger partial charge in [0, 0.05) is 36.0 Å². The van der Waals surface area contributed by atoms with Gasteiger partial charge in [-0.05, 0) is 38.2 Å². The number of anilines is 1. The van der Waals surface area contributed by atoms with Crippen LogP contribution in [0.2, 0.25) is 0 Å². The third-order valence-electron chi connectivity index (χ3n) is 2.91. The van der Waals surface area contributed by atoms with E-state index in [9.17, 15) is 9.59 Å². The number of H-pyrrole nitrogens is 1. The molecule has 2 rings (SSSR count). The molecular formula is C15H18N4O2. The maximum Gasteiger partial charge on any atom is 0.251 e. The Bertz CT molecular complexity index is 677. The van der Waals surface area contributed by atoms with Crippen LogP contribution in [0.4, 0.5) is 5.69 Å². The number of aromatic amines is 1. The lowest BCUT2D eigenvalue weighted by molar-refractivity contribution is -0.116. The lowest BCUT2D eigenvalue weighted by atomic mass is 10.2. The van der Waals surface area contributed by atoms with E-state index in [2.05, 4.69) is 20.6 Å². The molecule has 21 heavy (non-hydrogen) atoms. The molecule has 0 unspecified atom stereocenters. The van der Waals surface area contributed by atoms with Gasteiger partial charge in [0.05, 0.1) is 0 Å². The second-order valence-corrected chi connectivity index (χ2v) is 4.71. The van der Waals surface area contributed by atoms with Crippen molar-refractivity contribution in [1.29, 1.82) is 0 Å². The van der Waals surface area contributed by atoms with E-state index >= 15 is 0 Å². The summed E-state index contributed by atoms with van der Waals surface area (Å²) < 4.78 is 0. The average molecular weight is 286 g/mol. The van der Waals surface area contributed by atoms with Crippen molar-refractivity contribution in [3.8, 4) is 11.4 Å². The Morgan fingerprint density at radius 2 is 2.00 bits per heavy atom. The lowest BCUT2D eigenvalue weighted by Crippen LogP contribution is -2.18. The first-order valence-electron chi connectivity index (χ1n) is 6.71. The summed E-state index contributed by atoms with van der Waals surface area (Å²) in [7, 11) is 1.80. The zero-order valence-corrected chi connectivity index (χ0v) is 12.1. The Hall–Kier alpha value is -2.47. The molecule has 0 atom stereocenters. The molecule has 0 fully saturated rings. The topological polar surface area (TPSA) is 86.9 Å². The molecule has 110 valence electrons. The van der Waals surface area contributed by atoms with Gasteiger partial charge < -0.3 is 15.6 Å². The summed E-state index contributed by atoms with van der Waals surface area (Å²) in [6.07, 6.45) is 0.422. The van der Waals surface area contributed by atoms with Crippen LogP contribution in [-0.2, 0) is 4.79 Å². The van der Waals surface area contributed by atoms with E-state index in [4.69, 9.17) is 0 Å². The summed E-state index contributed by atoms with van der Waals surface area (Å²) in [5.74, 6) is 0.479. The highest BCUT2D eigenvalue weighted by Gasteiger charge is 2.04. The number of rotatable bonds is 5. The summed E-state index contributed by atoms with van der Waals surface area (Å²) in [5, 5.41) is 5.73. The highest BCUT2D eigenvalue weighted by Crippen LogP contribution is 2.17. The minimum absolute atomic E-state index is 0.0424. The number of aromatic nitrogens is 2. The molecule has 6 heteroatoms. The normalized spacial score (nSPS) is 10.4. The third kappa shape index (κ3) is 4.25. The van der Waals surface area contributed by atoms with Crippen LogP contribution in [0, 0.1) is 6.92 Å². The molecule has 0 radical (unpaired) electrons. The van der Waals surface area contributed by atoms with Crippen molar-refractivity contribution in [2.75, 3.05) is 18.9 Å². The number of hydrogen-bond acceptors (Lipinski definition) is 4. The van der Waals surface area contributed by atoms with Crippen LogP contribution in [0.15, 0.2) is 35.1 Å². The number of nitrogens with one attached hydrogen (secondary N) is 3. The first-order chi connectivity index (χ1) is 10.1. The van der Waals surface area contributed by atoms with Crippen LogP contribution in [0.5, 0.6) is 0 Å². The van der Waals surface area contributed by atoms with Crippen LogP contribution in [0.1, 0.15) is 12.1 Å². The number of hydrogen-bond donors (Lipinski definition) is 3. The van der Waals surface area contributed by atoms with Gasteiger partial charge in [0.25, 0.3) is 5.56 Å². The largest absolute Gasteiger partial charge is 0.326 e. The molecule has 0 aliphatic carbocycles. The van der Waals surface area contributed by atoms with Gasteiger partial charge in [-0.25, -0.2) is 4.98 Å². The number of nitrogens with zero attached hydrogens (tertiary/aromatic N) is 1. The van der Waals surface area contributed by atoms with Crippen molar-refractivity contribution in [3.63, 3.8) is 0 Å². The lowest BCUT2D eigenvalue weighted by Gasteiger charge is -2.06. The maximum atomic E-state index is 11.6. The van der Waals surface area contributed by atoms with Crippen LogP contribution in [0.25, 0.3) is 11.4 Å². The van der Waals surface area contributed by atoms with Crippen LogP contribution in [0.3, 0.4) is 0 Å². The molecule has 1 aromatic heterocycles. The standard InChI is InChI=1S/C15H18N4O2/c1-10-9-14(21)19-15(17-10)11-3-5-12(6-4-11)18-13(20)7-8-16-2/h3-6,9,16H,7-8H2,1-2H3,(H,18,20)(H,17,19,21). The van der Waals surface area contributed by atoms with Crippen molar-refractivity contribution in [2.45, 2.75) is 13.3 Å². The summed E-state index contributed by atoms with van der Waals surface area (Å²) in [5.41, 5.74) is 2.00. The molecule has 0 aliphatic rings. The molecule has 1 aromatic carbocycles. The second-order valence-electron chi connectivity index (χ2n) is 4.71. The van der Waals surface area contributed by atoms with Gasteiger partial charge in [-0.2, -0.15) is 0 Å².